The smallest absolute Gasteiger partial charge is 0.0991 e. The second-order valence-electron chi connectivity index (χ2n) is 5.02. The molecular weight excluding hydrogens is 270 g/mol. The van der Waals surface area contributed by atoms with Crippen LogP contribution in [0.25, 0.3) is 0 Å². The van der Waals surface area contributed by atoms with Crippen molar-refractivity contribution in [2.75, 3.05) is 0 Å². The Balaban J connectivity index is 3.21. The van der Waals surface area contributed by atoms with E-state index in [0.29, 0.717) is 5.56 Å². The highest BCUT2D eigenvalue weighted by Crippen LogP contribution is 2.21. The number of hydrogen-bond donors (Lipinski definition) is 0. The molecule has 0 spiro atoms. The average molecular weight is 293 g/mol. The Kier molecular flexibility index (Phi) is 6.98. The second kappa shape index (κ2) is 8.74. The van der Waals surface area contributed by atoms with Gasteiger partial charge in [-0.2, -0.15) is 5.26 Å². The molecular formula is C19H23N3. The van der Waals surface area contributed by atoms with E-state index < -0.39 is 0 Å². The number of nitriles is 1. The van der Waals surface area contributed by atoms with Gasteiger partial charge in [0.2, 0.25) is 0 Å². The maximum absolute atomic E-state index is 8.93. The van der Waals surface area contributed by atoms with Gasteiger partial charge in [-0.25, -0.2) is 0 Å². The predicted molar refractivity (Wildman–Crippen MR) is 95.0 cm³/mol. The molecule has 3 nitrogen and oxygen atoms in total. The number of rotatable bonds is 6. The molecule has 0 aliphatic heterocycles. The van der Waals surface area contributed by atoms with Crippen LogP contribution in [0.1, 0.15) is 44.7 Å². The van der Waals surface area contributed by atoms with Gasteiger partial charge in [0.25, 0.3) is 0 Å². The van der Waals surface area contributed by atoms with Crippen molar-refractivity contribution in [1.29, 1.82) is 5.26 Å². The van der Waals surface area contributed by atoms with E-state index in [1.807, 2.05) is 39.0 Å². The van der Waals surface area contributed by atoms with E-state index in [0.717, 1.165) is 41.1 Å². The van der Waals surface area contributed by atoms with Crippen LogP contribution in [-0.2, 0) is 0 Å². The molecule has 1 aromatic rings. The predicted octanol–water partition coefficient (Wildman–Crippen LogP) is 5.29. The Morgan fingerprint density at radius 3 is 2.64 bits per heavy atom. The minimum absolute atomic E-state index is 0.653. The number of aryl methyl sites for hydroxylation is 1. The Morgan fingerprint density at radius 2 is 2.14 bits per heavy atom. The third-order valence-corrected chi connectivity index (χ3v) is 3.34. The number of aliphatic imine (C=N–C) groups is 2. The molecule has 0 saturated carbocycles. The van der Waals surface area contributed by atoms with Crippen LogP contribution < -0.4 is 0 Å². The Labute approximate surface area is 133 Å². The summed E-state index contributed by atoms with van der Waals surface area (Å²) in [6, 6.07) is 7.67. The summed E-state index contributed by atoms with van der Waals surface area (Å²) >= 11 is 0. The third kappa shape index (κ3) is 4.53. The van der Waals surface area contributed by atoms with Gasteiger partial charge in [0.1, 0.15) is 0 Å². The lowest BCUT2D eigenvalue weighted by atomic mass is 10.0. The molecule has 0 atom stereocenters. The van der Waals surface area contributed by atoms with Crippen molar-refractivity contribution in [3.63, 3.8) is 0 Å². The van der Waals surface area contributed by atoms with E-state index in [9.17, 15) is 0 Å². The van der Waals surface area contributed by atoms with Crippen molar-refractivity contribution >= 4 is 17.1 Å². The summed E-state index contributed by atoms with van der Waals surface area (Å²) < 4.78 is 0. The maximum atomic E-state index is 8.93. The van der Waals surface area contributed by atoms with Crippen molar-refractivity contribution in [2.24, 2.45) is 9.98 Å². The fourth-order valence-electron chi connectivity index (χ4n) is 2.29. The van der Waals surface area contributed by atoms with Crippen molar-refractivity contribution in [3.05, 3.63) is 53.8 Å². The van der Waals surface area contributed by atoms with Crippen LogP contribution in [0.5, 0.6) is 0 Å². The first-order chi connectivity index (χ1) is 10.6. The first-order valence-corrected chi connectivity index (χ1v) is 7.48. The quantitative estimate of drug-likeness (QED) is 0.657. The van der Waals surface area contributed by atoms with E-state index in [1.165, 1.54) is 0 Å². The van der Waals surface area contributed by atoms with E-state index >= 15 is 0 Å². The molecule has 0 fully saturated rings. The van der Waals surface area contributed by atoms with Gasteiger partial charge in [-0.3, -0.25) is 9.98 Å². The lowest BCUT2D eigenvalue weighted by Crippen LogP contribution is -2.10. The van der Waals surface area contributed by atoms with Gasteiger partial charge in [-0.15, -0.1) is 0 Å². The normalized spacial score (nSPS) is 13.0. The number of nitrogens with zero attached hydrogens (tertiary/aromatic N) is 3. The molecule has 0 aliphatic carbocycles. The molecule has 22 heavy (non-hydrogen) atoms. The van der Waals surface area contributed by atoms with Crippen LogP contribution in [0.4, 0.5) is 5.69 Å². The summed E-state index contributed by atoms with van der Waals surface area (Å²) in [6.45, 7) is 11.8. The van der Waals surface area contributed by atoms with Gasteiger partial charge in [-0.05, 0) is 51.0 Å². The molecule has 3 heteroatoms. The number of benzene rings is 1. The van der Waals surface area contributed by atoms with Gasteiger partial charge in [0.15, 0.2) is 0 Å². The van der Waals surface area contributed by atoms with Crippen LogP contribution in [0.15, 0.2) is 52.6 Å². The van der Waals surface area contributed by atoms with Gasteiger partial charge in [-0.1, -0.05) is 26.0 Å². The second-order valence-corrected chi connectivity index (χ2v) is 5.02. The fourth-order valence-corrected chi connectivity index (χ4v) is 2.29. The van der Waals surface area contributed by atoms with Gasteiger partial charge < -0.3 is 0 Å². The summed E-state index contributed by atoms with van der Waals surface area (Å²) in [5.41, 5.74) is 5.50. The zero-order chi connectivity index (χ0) is 16.5. The standard InChI is InChI=1S/C19H23N3/c1-6-9-19(21-8-3)17(7-2)15(5)22-18-11-10-16(13-20)12-14(18)4/h7-8,10-12H,3,6,9H2,1-2,4-5H3/b17-7-,21-19?,22-15?. The average Bonchev–Trinajstić information content (AvgIpc) is 2.50. The molecule has 0 unspecified atom stereocenters. The van der Waals surface area contributed by atoms with Crippen molar-refractivity contribution in [2.45, 2.75) is 40.5 Å². The lowest BCUT2D eigenvalue weighted by molar-refractivity contribution is 0.992. The highest BCUT2D eigenvalue weighted by molar-refractivity contribution is 6.24. The van der Waals surface area contributed by atoms with Crippen LogP contribution >= 0.6 is 0 Å². The van der Waals surface area contributed by atoms with E-state index in [2.05, 4.69) is 24.6 Å². The van der Waals surface area contributed by atoms with Crippen LogP contribution in [0, 0.1) is 18.3 Å². The molecule has 1 rings (SSSR count). The van der Waals surface area contributed by atoms with Crippen LogP contribution in [0.3, 0.4) is 0 Å². The van der Waals surface area contributed by atoms with Gasteiger partial charge in [0, 0.05) is 23.2 Å². The van der Waals surface area contributed by atoms with E-state index in [1.54, 1.807) is 12.3 Å². The number of allylic oxidation sites excluding steroid dienone is 2. The highest BCUT2D eigenvalue weighted by atomic mass is 14.8. The SMILES string of the molecule is C=CN=C(CCC)/C(=C\C)C(C)=Nc1ccc(C#N)cc1C. The molecule has 1 aromatic carbocycles. The van der Waals surface area contributed by atoms with Crippen molar-refractivity contribution in [1.82, 2.24) is 0 Å². The Morgan fingerprint density at radius 1 is 1.41 bits per heavy atom. The summed E-state index contributed by atoms with van der Waals surface area (Å²) in [6.07, 6.45) is 5.53. The number of hydrogen-bond acceptors (Lipinski definition) is 3. The fraction of sp³-hybridized carbons (Fsp3) is 0.316. The molecule has 114 valence electrons. The lowest BCUT2D eigenvalue weighted by Gasteiger charge is -2.10. The first kappa shape index (κ1) is 17.6. The highest BCUT2D eigenvalue weighted by Gasteiger charge is 2.09. The molecule has 0 N–H and O–H groups in total. The van der Waals surface area contributed by atoms with Crippen LogP contribution in [-0.4, -0.2) is 11.4 Å². The molecule has 0 saturated heterocycles. The zero-order valence-corrected chi connectivity index (χ0v) is 13.8. The molecule has 0 bridgehead atoms. The van der Waals surface area contributed by atoms with Gasteiger partial charge in [0.05, 0.1) is 17.3 Å². The maximum Gasteiger partial charge on any atom is 0.0991 e. The minimum Gasteiger partial charge on any atom is -0.261 e. The van der Waals surface area contributed by atoms with E-state index in [4.69, 9.17) is 10.3 Å². The molecule has 0 heterocycles. The molecule has 0 radical (unpaired) electrons. The molecule has 0 amide bonds. The van der Waals surface area contributed by atoms with Crippen molar-refractivity contribution in [3.8, 4) is 6.07 Å². The van der Waals surface area contributed by atoms with Gasteiger partial charge >= 0.3 is 0 Å². The van der Waals surface area contributed by atoms with Crippen molar-refractivity contribution < 1.29 is 0 Å². The summed E-state index contributed by atoms with van der Waals surface area (Å²) in [4.78, 5) is 9.10. The monoisotopic (exact) mass is 293 g/mol. The third-order valence-electron chi connectivity index (χ3n) is 3.34. The largest absolute Gasteiger partial charge is 0.261 e. The minimum atomic E-state index is 0.653. The zero-order valence-electron chi connectivity index (χ0n) is 13.8. The van der Waals surface area contributed by atoms with E-state index in [-0.39, 0.29) is 0 Å². The summed E-state index contributed by atoms with van der Waals surface area (Å²) in [5.74, 6) is 0. The first-order valence-electron chi connectivity index (χ1n) is 7.48. The molecule has 0 aliphatic rings. The Hall–Kier alpha value is -2.47. The topological polar surface area (TPSA) is 48.5 Å². The summed E-state index contributed by atoms with van der Waals surface area (Å²) in [5, 5.41) is 8.93. The Bertz CT molecular complexity index is 670. The van der Waals surface area contributed by atoms with Crippen LogP contribution in [0.2, 0.25) is 0 Å². The molecule has 0 aromatic heterocycles. The summed E-state index contributed by atoms with van der Waals surface area (Å²) in [7, 11) is 0.